The average molecular weight is 1300 g/mol. The van der Waals surface area contributed by atoms with Crippen molar-refractivity contribution >= 4 is 135 Å². The van der Waals surface area contributed by atoms with Crippen molar-refractivity contribution in [1.82, 2.24) is 24.9 Å². The Morgan fingerprint density at radius 1 is 0.629 bits per heavy atom. The van der Waals surface area contributed by atoms with E-state index in [1.807, 2.05) is 58.9 Å². The third-order valence-electron chi connectivity index (χ3n) is 12.8. The van der Waals surface area contributed by atoms with Crippen molar-refractivity contribution in [1.29, 1.82) is 10.5 Å². The number of azo groups is 2. The molecule has 0 amide bonds. The van der Waals surface area contributed by atoms with Gasteiger partial charge in [-0.1, -0.05) is 65.6 Å². The van der Waals surface area contributed by atoms with E-state index in [9.17, 15) is 36.5 Å². The SMILES string of the molecule is [C-]#[N+]/C(C#N)=C\c1sc(N=Nc2cc(OC)c(N(CC)CC)cc2Nc2nc(Nc3cc(N(CC)CC)c(OC)cc3N=Nc3nc(NCCc4ccc(S(=O)(=O)O)cc4)c(/C=C(\C#N)[N+]#[C-])s3)nc(SCC)n2)nc1NCCc1ccc(S(=O)(=O)O)cc1. The van der Waals surface area contributed by atoms with Gasteiger partial charge in [-0.05, 0) is 106 Å². The highest BCUT2D eigenvalue weighted by Gasteiger charge is 2.22. The molecule has 32 heteroatoms. The molecule has 0 aliphatic heterocycles. The lowest BCUT2D eigenvalue weighted by Gasteiger charge is -2.25. The number of hydrogen-bond acceptors (Lipinski definition) is 26. The van der Waals surface area contributed by atoms with Crippen LogP contribution in [0.2, 0.25) is 0 Å². The fraction of sp³-hybridized carbons (Fsp3) is 0.281. The van der Waals surface area contributed by atoms with Crippen LogP contribution in [-0.2, 0) is 33.1 Å². The predicted molar refractivity (Wildman–Crippen MR) is 346 cm³/mol. The maximum absolute atomic E-state index is 11.6. The summed E-state index contributed by atoms with van der Waals surface area (Å²) in [6.07, 6.45) is 3.62. The Balaban J connectivity index is 1.25. The number of allylic oxidation sites excluding steroid dienone is 2. The Bertz CT molecular complexity index is 3920. The van der Waals surface area contributed by atoms with Gasteiger partial charge in [-0.25, -0.2) is 20.2 Å². The van der Waals surface area contributed by atoms with Crippen LogP contribution in [-0.4, -0.2) is 110 Å². The number of ether oxygens (including phenoxy) is 2. The minimum Gasteiger partial charge on any atom is -0.494 e. The molecule has 3 heterocycles. The second-order valence-corrected chi connectivity index (χ2v) is 24.4. The first kappa shape index (κ1) is 66.9. The zero-order valence-corrected chi connectivity index (χ0v) is 53.1. The lowest BCUT2D eigenvalue weighted by Crippen LogP contribution is -2.22. The van der Waals surface area contributed by atoms with Crippen molar-refractivity contribution in [3.63, 3.8) is 0 Å². The van der Waals surface area contributed by atoms with Crippen LogP contribution in [0.25, 0.3) is 21.8 Å². The zero-order valence-electron chi connectivity index (χ0n) is 49.0. The summed E-state index contributed by atoms with van der Waals surface area (Å²) in [5.41, 5.74) is 4.01. The van der Waals surface area contributed by atoms with Gasteiger partial charge in [0, 0.05) is 51.4 Å². The zero-order chi connectivity index (χ0) is 64.3. The van der Waals surface area contributed by atoms with E-state index < -0.39 is 20.2 Å². The van der Waals surface area contributed by atoms with Crippen LogP contribution in [0.1, 0.15) is 55.5 Å². The Kier molecular flexibility index (Phi) is 23.5. The molecule has 0 atom stereocenters. The molecule has 27 nitrogen and oxygen atoms in total. The smallest absolute Gasteiger partial charge is 0.294 e. The van der Waals surface area contributed by atoms with Gasteiger partial charge in [0.15, 0.2) is 5.16 Å². The van der Waals surface area contributed by atoms with Gasteiger partial charge < -0.3 is 40.5 Å². The summed E-state index contributed by atoms with van der Waals surface area (Å²) in [4.78, 5) is 35.0. The highest BCUT2D eigenvalue weighted by molar-refractivity contribution is 7.99. The number of rotatable bonds is 30. The minimum atomic E-state index is -4.37. The molecule has 460 valence electrons. The van der Waals surface area contributed by atoms with E-state index in [0.29, 0.717) is 119 Å². The van der Waals surface area contributed by atoms with Gasteiger partial charge in [0.25, 0.3) is 31.6 Å². The Morgan fingerprint density at radius 2 is 1.02 bits per heavy atom. The third kappa shape index (κ3) is 18.0. The standard InChI is InChI=1S/C57H59N19O8S5/c1-10-75(11-2)45-29-41(43(31-47(45)83-8)71-73-56-66-51(49(86-56)27-37(33-58)60-6)62-25-23-35-15-19-39(20-16-35)88(77,78)79)64-53-68-54(70-55(69-53)85-14-5)65-42-30-46(76(12-3)13-4)48(84-9)32-44(42)72-74-57-67-52(50(87-57)28-38(34-59)61-7)63-26-24-36-17-21-40(22-18-36)89(80,81)82/h15-22,27-32,62-63H,10-14,23-26H2,1-5,8-9H3,(H,77,78,79)(H,80,81,82)(H2,64,65,68,69,70)/b37-27-,38-28+,73-71?,74-72?. The number of nitrogens with one attached hydrogen (secondary N) is 4. The molecule has 7 aromatic rings. The number of hydrogen-bond donors (Lipinski definition) is 6. The quantitative estimate of drug-likeness (QED) is 0.00801. The van der Waals surface area contributed by atoms with E-state index in [-0.39, 0.29) is 43.3 Å². The highest BCUT2D eigenvalue weighted by atomic mass is 32.2. The summed E-state index contributed by atoms with van der Waals surface area (Å²) in [6, 6.07) is 22.4. The first-order chi connectivity index (χ1) is 42.8. The van der Waals surface area contributed by atoms with E-state index in [4.69, 9.17) is 37.6 Å². The van der Waals surface area contributed by atoms with E-state index >= 15 is 0 Å². The van der Waals surface area contributed by atoms with E-state index in [0.717, 1.165) is 45.2 Å². The van der Waals surface area contributed by atoms with Crippen molar-refractivity contribution in [2.75, 3.05) is 90.3 Å². The van der Waals surface area contributed by atoms with Crippen molar-refractivity contribution in [2.45, 2.75) is 62.4 Å². The largest absolute Gasteiger partial charge is 0.494 e. The Morgan fingerprint density at radius 3 is 1.35 bits per heavy atom. The summed E-state index contributed by atoms with van der Waals surface area (Å²) >= 11 is 3.52. The number of thioether (sulfide) groups is 1. The van der Waals surface area contributed by atoms with Crippen LogP contribution in [0.15, 0.2) is 120 Å². The minimum absolute atomic E-state index is 0.116. The molecule has 0 aliphatic carbocycles. The number of methoxy groups -OCH3 is 2. The van der Waals surface area contributed by atoms with Crippen molar-refractivity contribution in [3.05, 3.63) is 128 Å². The monoisotopic (exact) mass is 1300 g/mol. The molecule has 4 aromatic carbocycles. The molecule has 6 N–H and O–H groups in total. The summed E-state index contributed by atoms with van der Waals surface area (Å²) in [5, 5.41) is 51.6. The fourth-order valence-corrected chi connectivity index (χ4v) is 11.6. The molecule has 89 heavy (non-hydrogen) atoms. The van der Waals surface area contributed by atoms with Gasteiger partial charge in [0.05, 0.1) is 81.8 Å². The molecule has 7 rings (SSSR count). The number of nitriles is 2. The van der Waals surface area contributed by atoms with E-state index in [2.05, 4.69) is 71.2 Å². The van der Waals surface area contributed by atoms with Crippen molar-refractivity contribution in [3.8, 4) is 23.6 Å². The van der Waals surface area contributed by atoms with Gasteiger partial charge in [0.1, 0.15) is 34.5 Å². The number of aromatic nitrogens is 5. The van der Waals surface area contributed by atoms with Crippen LogP contribution in [0, 0.1) is 35.8 Å². The highest BCUT2D eigenvalue weighted by Crippen LogP contribution is 2.44. The lowest BCUT2D eigenvalue weighted by atomic mass is 10.1. The Hall–Kier alpha value is -9.64. The van der Waals surface area contributed by atoms with Gasteiger partial charge >= 0.3 is 0 Å². The van der Waals surface area contributed by atoms with Gasteiger partial charge in [-0.3, -0.25) is 9.11 Å². The second-order valence-electron chi connectivity index (χ2n) is 18.3. The maximum atomic E-state index is 11.6. The molecule has 0 radical (unpaired) electrons. The molecule has 0 spiro atoms. The molecule has 3 aromatic heterocycles. The van der Waals surface area contributed by atoms with Crippen molar-refractivity contribution in [2.24, 2.45) is 20.5 Å². The summed E-state index contributed by atoms with van der Waals surface area (Å²) < 4.78 is 77.0. The molecule has 0 saturated carbocycles. The lowest BCUT2D eigenvalue weighted by molar-refractivity contribution is 0.414. The number of anilines is 8. The second kappa shape index (κ2) is 31.3. The molecule has 0 fully saturated rings. The summed E-state index contributed by atoms with van der Waals surface area (Å²) in [5.74, 6) is 2.44. The fourth-order valence-electron chi connectivity index (χ4n) is 8.44. The molecule has 0 unspecified atom stereocenters. The van der Waals surface area contributed by atoms with Crippen LogP contribution in [0.3, 0.4) is 0 Å². The molecular formula is C57H59N19O8S5. The van der Waals surface area contributed by atoms with E-state index in [1.165, 1.54) is 48.2 Å². The number of thiazole rings is 2. The number of nitrogens with zero attached hydrogens (tertiary/aromatic N) is 15. The molecule has 0 bridgehead atoms. The predicted octanol–water partition coefficient (Wildman–Crippen LogP) is 13.3. The van der Waals surface area contributed by atoms with Crippen molar-refractivity contribution < 1.29 is 35.4 Å². The summed E-state index contributed by atoms with van der Waals surface area (Å²) in [7, 11) is -5.64. The normalized spacial score (nSPS) is 11.8. The van der Waals surface area contributed by atoms with E-state index in [1.54, 1.807) is 50.6 Å². The Labute approximate surface area is 527 Å². The van der Waals surface area contributed by atoms with Crippen LogP contribution >= 0.6 is 34.4 Å². The first-order valence-corrected chi connectivity index (χ1v) is 32.6. The first-order valence-electron chi connectivity index (χ1n) is 27.1. The van der Waals surface area contributed by atoms with Crippen LogP contribution in [0.4, 0.5) is 67.9 Å². The maximum Gasteiger partial charge on any atom is 0.294 e. The number of benzene rings is 4. The van der Waals surface area contributed by atoms with Gasteiger partial charge in [-0.15, -0.1) is 20.5 Å². The van der Waals surface area contributed by atoms with Crippen LogP contribution < -0.4 is 40.5 Å². The molecular weight excluding hydrogens is 1240 g/mol. The average Bonchev–Trinajstić information content (AvgIpc) is 2.15. The topological polar surface area (TPSA) is 352 Å². The van der Waals surface area contributed by atoms with Gasteiger partial charge in [0.2, 0.25) is 22.2 Å². The summed E-state index contributed by atoms with van der Waals surface area (Å²) in [6.45, 7) is 28.2. The van der Waals surface area contributed by atoms with Gasteiger partial charge in [-0.2, -0.15) is 41.8 Å². The van der Waals surface area contributed by atoms with Crippen LogP contribution in [0.5, 0.6) is 11.5 Å². The third-order valence-corrected chi connectivity index (χ3v) is 17.1. The molecule has 0 aliphatic rings. The molecule has 0 saturated heterocycles.